The van der Waals surface area contributed by atoms with Crippen LogP contribution in [0.3, 0.4) is 0 Å². The molecule has 4 nitrogen and oxygen atoms in total. The van der Waals surface area contributed by atoms with Crippen LogP contribution in [0.5, 0.6) is 0 Å². The molecule has 29 heavy (non-hydrogen) atoms. The maximum absolute atomic E-state index is 4.98. The van der Waals surface area contributed by atoms with E-state index in [1.54, 1.807) is 0 Å². The summed E-state index contributed by atoms with van der Waals surface area (Å²) in [6.45, 7) is 6.56. The topological polar surface area (TPSA) is 33.1 Å². The predicted octanol–water partition coefficient (Wildman–Crippen LogP) is 4.21. The Morgan fingerprint density at radius 1 is 0.931 bits per heavy atom. The molecule has 0 saturated carbocycles. The lowest BCUT2D eigenvalue weighted by Gasteiger charge is -2.22. The molecule has 2 fully saturated rings. The number of rotatable bonds is 5. The van der Waals surface area contributed by atoms with E-state index in [2.05, 4.69) is 81.8 Å². The molecule has 0 bridgehead atoms. The minimum atomic E-state index is 0. The Bertz CT molecular complexity index is 917. The Kier molecular flexibility index (Phi) is 6.04. The van der Waals surface area contributed by atoms with Crippen LogP contribution in [0.1, 0.15) is 24.0 Å². The maximum atomic E-state index is 4.98. The molecule has 3 aromatic rings. The van der Waals surface area contributed by atoms with Gasteiger partial charge in [0.1, 0.15) is 0 Å². The molecule has 5 heteroatoms. The summed E-state index contributed by atoms with van der Waals surface area (Å²) in [5.74, 6) is 0. The number of hydrogen-bond acceptors (Lipinski definition) is 3. The van der Waals surface area contributed by atoms with E-state index >= 15 is 0 Å². The van der Waals surface area contributed by atoms with Gasteiger partial charge in [0.2, 0.25) is 0 Å². The van der Waals surface area contributed by atoms with Crippen molar-refractivity contribution in [3.63, 3.8) is 0 Å². The second-order valence-electron chi connectivity index (χ2n) is 8.44. The van der Waals surface area contributed by atoms with Gasteiger partial charge in [-0.3, -0.25) is 9.58 Å². The minimum Gasteiger partial charge on any atom is -0.316 e. The van der Waals surface area contributed by atoms with E-state index in [-0.39, 0.29) is 12.4 Å². The Hall–Kier alpha value is -2.14. The fourth-order valence-electron chi connectivity index (χ4n) is 4.82. The van der Waals surface area contributed by atoms with Crippen molar-refractivity contribution in [1.29, 1.82) is 0 Å². The van der Waals surface area contributed by atoms with Crippen LogP contribution >= 0.6 is 12.4 Å². The van der Waals surface area contributed by atoms with Crippen LogP contribution in [-0.2, 0) is 13.1 Å². The van der Waals surface area contributed by atoms with Gasteiger partial charge in [0.05, 0.1) is 12.2 Å². The van der Waals surface area contributed by atoms with E-state index in [9.17, 15) is 0 Å². The van der Waals surface area contributed by atoms with E-state index in [1.807, 2.05) is 0 Å². The molecule has 1 unspecified atom stereocenters. The van der Waals surface area contributed by atoms with Crippen LogP contribution in [0.25, 0.3) is 11.3 Å². The molecule has 0 amide bonds. The third-order valence-electron chi connectivity index (χ3n) is 6.32. The Labute approximate surface area is 179 Å². The second kappa shape index (κ2) is 8.70. The van der Waals surface area contributed by atoms with Crippen LogP contribution in [0.2, 0.25) is 0 Å². The first-order valence-electron chi connectivity index (χ1n) is 10.4. The zero-order valence-corrected chi connectivity index (χ0v) is 17.6. The number of nitrogens with zero attached hydrogens (tertiary/aromatic N) is 3. The maximum Gasteiger partial charge on any atom is 0.0968 e. The quantitative estimate of drug-likeness (QED) is 0.686. The average molecular weight is 409 g/mol. The highest BCUT2D eigenvalue weighted by molar-refractivity contribution is 5.85. The molecule has 0 radical (unpaired) electrons. The van der Waals surface area contributed by atoms with Gasteiger partial charge in [-0.15, -0.1) is 12.4 Å². The van der Waals surface area contributed by atoms with Gasteiger partial charge in [0.15, 0.2) is 0 Å². The third kappa shape index (κ3) is 4.40. The lowest BCUT2D eigenvalue weighted by molar-refractivity contribution is 0.269. The molecule has 5 rings (SSSR count). The zero-order chi connectivity index (χ0) is 18.8. The number of benzene rings is 2. The minimum absolute atomic E-state index is 0. The van der Waals surface area contributed by atoms with Gasteiger partial charge in [-0.25, -0.2) is 0 Å². The van der Waals surface area contributed by atoms with Crippen molar-refractivity contribution in [1.82, 2.24) is 20.0 Å². The summed E-state index contributed by atoms with van der Waals surface area (Å²) in [7, 11) is 0. The Balaban J connectivity index is 0.00000205. The smallest absolute Gasteiger partial charge is 0.0968 e. The fraction of sp³-hybridized carbons (Fsp3) is 0.375. The van der Waals surface area contributed by atoms with Crippen molar-refractivity contribution >= 4 is 12.4 Å². The van der Waals surface area contributed by atoms with Gasteiger partial charge in [-0.1, -0.05) is 60.7 Å². The lowest BCUT2D eigenvalue weighted by atomic mass is 9.86. The molecule has 2 saturated heterocycles. The van der Waals surface area contributed by atoms with Crippen LogP contribution < -0.4 is 5.32 Å². The molecule has 1 N–H and O–H groups in total. The monoisotopic (exact) mass is 408 g/mol. The summed E-state index contributed by atoms with van der Waals surface area (Å²) in [4.78, 5) is 2.63. The molecule has 2 aliphatic heterocycles. The third-order valence-corrected chi connectivity index (χ3v) is 6.32. The van der Waals surface area contributed by atoms with Gasteiger partial charge in [-0.05, 0) is 36.9 Å². The molecule has 2 aliphatic rings. The second-order valence-corrected chi connectivity index (χ2v) is 8.44. The molecule has 152 valence electrons. The fourth-order valence-corrected chi connectivity index (χ4v) is 4.82. The number of aromatic nitrogens is 2. The molecule has 0 aliphatic carbocycles. The van der Waals surface area contributed by atoms with Gasteiger partial charge in [0, 0.05) is 37.0 Å². The zero-order valence-electron chi connectivity index (χ0n) is 16.8. The molecule has 2 aromatic carbocycles. The van der Waals surface area contributed by atoms with Crippen LogP contribution in [0, 0.1) is 5.41 Å². The van der Waals surface area contributed by atoms with E-state index in [0.29, 0.717) is 5.41 Å². The summed E-state index contributed by atoms with van der Waals surface area (Å²) < 4.78 is 2.11. The van der Waals surface area contributed by atoms with Crippen molar-refractivity contribution in [2.75, 3.05) is 26.2 Å². The van der Waals surface area contributed by atoms with Gasteiger partial charge in [0.25, 0.3) is 0 Å². The number of halogens is 1. The van der Waals surface area contributed by atoms with Gasteiger partial charge >= 0.3 is 0 Å². The number of nitrogens with one attached hydrogen (secondary N) is 1. The standard InChI is InChI=1S/C24H28N4.ClH/c1-3-7-20(8-4-1)15-28-17-22(23(26-28)21-9-5-2-6-10-21)16-27-14-12-24(19-27)11-13-25-18-24;/h1-10,17,25H,11-16,18-19H2;1H. The van der Waals surface area contributed by atoms with Gasteiger partial charge < -0.3 is 5.32 Å². The van der Waals surface area contributed by atoms with Crippen LogP contribution in [0.15, 0.2) is 66.9 Å². The van der Waals surface area contributed by atoms with E-state index in [0.717, 1.165) is 18.8 Å². The summed E-state index contributed by atoms with van der Waals surface area (Å²) in [5, 5.41) is 8.55. The first kappa shape index (κ1) is 20.1. The highest BCUT2D eigenvalue weighted by Gasteiger charge is 2.40. The van der Waals surface area contributed by atoms with Crippen molar-refractivity contribution in [2.45, 2.75) is 25.9 Å². The van der Waals surface area contributed by atoms with Crippen molar-refractivity contribution in [3.05, 3.63) is 78.0 Å². The summed E-state index contributed by atoms with van der Waals surface area (Å²) in [6, 6.07) is 21.2. The molecule has 1 atom stereocenters. The molecule has 1 aromatic heterocycles. The highest BCUT2D eigenvalue weighted by atomic mass is 35.5. The SMILES string of the molecule is Cl.c1ccc(Cn2cc(CN3CCC4(CCNC4)C3)c(-c3ccccc3)n2)cc1. The van der Waals surface area contributed by atoms with Crippen molar-refractivity contribution < 1.29 is 0 Å². The number of likely N-dealkylation sites (tertiary alicyclic amines) is 1. The molecular formula is C24H29ClN4. The van der Waals surface area contributed by atoms with Crippen LogP contribution in [-0.4, -0.2) is 40.9 Å². The van der Waals surface area contributed by atoms with Gasteiger partial charge in [-0.2, -0.15) is 5.10 Å². The summed E-state index contributed by atoms with van der Waals surface area (Å²) in [5.41, 5.74) is 5.47. The molecule has 1 spiro atoms. The van der Waals surface area contributed by atoms with E-state index < -0.39 is 0 Å². The van der Waals surface area contributed by atoms with E-state index in [1.165, 1.54) is 55.7 Å². The van der Waals surface area contributed by atoms with E-state index in [4.69, 9.17) is 5.10 Å². The number of hydrogen-bond donors (Lipinski definition) is 1. The average Bonchev–Trinajstić information content (AvgIpc) is 3.46. The highest BCUT2D eigenvalue weighted by Crippen LogP contribution is 2.37. The molecule has 3 heterocycles. The first-order chi connectivity index (χ1) is 13.8. The Morgan fingerprint density at radius 2 is 1.69 bits per heavy atom. The largest absolute Gasteiger partial charge is 0.316 e. The van der Waals surface area contributed by atoms with Crippen LogP contribution in [0.4, 0.5) is 0 Å². The summed E-state index contributed by atoms with van der Waals surface area (Å²) in [6.07, 6.45) is 4.90. The first-order valence-corrected chi connectivity index (χ1v) is 10.4. The summed E-state index contributed by atoms with van der Waals surface area (Å²) >= 11 is 0. The van der Waals surface area contributed by atoms with Crippen molar-refractivity contribution in [3.8, 4) is 11.3 Å². The van der Waals surface area contributed by atoms with Crippen molar-refractivity contribution in [2.24, 2.45) is 5.41 Å². The Morgan fingerprint density at radius 3 is 2.41 bits per heavy atom. The lowest BCUT2D eigenvalue weighted by Crippen LogP contribution is -2.29. The normalized spacial score (nSPS) is 21.5. The predicted molar refractivity (Wildman–Crippen MR) is 120 cm³/mol. The molecular weight excluding hydrogens is 380 g/mol.